The number of hydrogen-bond acceptors (Lipinski definition) is 4. The van der Waals surface area contributed by atoms with E-state index < -0.39 is 35.1 Å². The highest BCUT2D eigenvalue weighted by molar-refractivity contribution is 6.06. The molecule has 3 aromatic rings. The van der Waals surface area contributed by atoms with E-state index in [1.54, 1.807) is 6.07 Å². The lowest BCUT2D eigenvalue weighted by Crippen LogP contribution is -2.21. The van der Waals surface area contributed by atoms with Crippen LogP contribution in [0.5, 0.6) is 0 Å². The molecule has 7 nitrogen and oxygen atoms in total. The molecule has 0 radical (unpaired) electrons. The molecule has 3 amide bonds. The van der Waals surface area contributed by atoms with Gasteiger partial charge in [0.15, 0.2) is 5.82 Å². The van der Waals surface area contributed by atoms with Gasteiger partial charge in [-0.2, -0.15) is 13.2 Å². The van der Waals surface area contributed by atoms with Crippen molar-refractivity contribution in [2.24, 2.45) is 0 Å². The first kappa shape index (κ1) is 23.8. The third-order valence-electron chi connectivity index (χ3n) is 4.44. The third kappa shape index (κ3) is 5.88. The lowest BCUT2D eigenvalue weighted by Gasteiger charge is -2.14. The lowest BCUT2D eigenvalue weighted by atomic mass is 9.93. The Hall–Kier alpha value is -3.89. The highest BCUT2D eigenvalue weighted by Crippen LogP contribution is 2.33. The summed E-state index contributed by atoms with van der Waals surface area (Å²) < 4.78 is 58.5. The van der Waals surface area contributed by atoms with Crippen LogP contribution in [-0.2, 0) is 11.6 Å². The molecule has 174 valence electrons. The van der Waals surface area contributed by atoms with Gasteiger partial charge in [0.05, 0.1) is 11.1 Å². The number of aromatic nitrogens is 1. The normalized spacial score (nSPS) is 11.7. The van der Waals surface area contributed by atoms with Gasteiger partial charge in [-0.3, -0.25) is 10.1 Å². The fraction of sp³-hybridized carbons (Fsp3) is 0.227. The van der Waals surface area contributed by atoms with Crippen LogP contribution in [0.25, 0.3) is 0 Å². The van der Waals surface area contributed by atoms with Crippen LogP contribution in [0.3, 0.4) is 0 Å². The molecule has 11 heteroatoms. The van der Waals surface area contributed by atoms with Crippen molar-refractivity contribution in [2.45, 2.75) is 32.4 Å². The molecule has 0 spiro atoms. The Morgan fingerprint density at radius 3 is 2.06 bits per heavy atom. The quantitative estimate of drug-likeness (QED) is 0.411. The first-order valence-electron chi connectivity index (χ1n) is 9.67. The second-order valence-electron chi connectivity index (χ2n) is 8.10. The first-order chi connectivity index (χ1) is 15.3. The van der Waals surface area contributed by atoms with Gasteiger partial charge in [0, 0.05) is 22.9 Å². The minimum atomic E-state index is -4.90. The molecule has 0 aliphatic heterocycles. The van der Waals surface area contributed by atoms with Crippen molar-refractivity contribution >= 4 is 29.1 Å². The van der Waals surface area contributed by atoms with Crippen LogP contribution in [-0.4, -0.2) is 17.1 Å². The Kier molecular flexibility index (Phi) is 6.43. The number of alkyl halides is 3. The van der Waals surface area contributed by atoms with E-state index in [4.69, 9.17) is 4.52 Å². The molecule has 0 saturated carbocycles. The Bertz CT molecular complexity index is 1170. The van der Waals surface area contributed by atoms with E-state index >= 15 is 0 Å². The molecule has 3 rings (SSSR count). The summed E-state index contributed by atoms with van der Waals surface area (Å²) in [5.41, 5.74) is -2.33. The van der Waals surface area contributed by atoms with Crippen molar-refractivity contribution in [1.29, 1.82) is 0 Å². The molecule has 0 fully saturated rings. The second kappa shape index (κ2) is 8.93. The minimum Gasteiger partial charge on any atom is -0.359 e. The standard InChI is InChI=1S/C22H20F4N4O3/c1-21(2,3)16-11-17(30-33-16)29-20(32)28-13-9-7-12(8-10-13)27-19(31)18-14(22(24,25)26)5-4-6-15(18)23/h4-11H,1-3H3,(H,27,31)(H2,28,29,30,32). The number of hydrogen-bond donors (Lipinski definition) is 3. The highest BCUT2D eigenvalue weighted by atomic mass is 19.4. The smallest absolute Gasteiger partial charge is 0.359 e. The maximum Gasteiger partial charge on any atom is 0.417 e. The van der Waals surface area contributed by atoms with E-state index in [0.29, 0.717) is 17.5 Å². The largest absolute Gasteiger partial charge is 0.417 e. The summed E-state index contributed by atoms with van der Waals surface area (Å²) in [6.07, 6.45) is -4.90. The molecule has 1 aromatic heterocycles. The first-order valence-corrected chi connectivity index (χ1v) is 9.67. The summed E-state index contributed by atoms with van der Waals surface area (Å²) >= 11 is 0. The van der Waals surface area contributed by atoms with Crippen LogP contribution in [0.4, 0.5) is 39.5 Å². The number of carbonyl (C=O) groups excluding carboxylic acids is 2. The Morgan fingerprint density at radius 1 is 0.909 bits per heavy atom. The Morgan fingerprint density at radius 2 is 1.52 bits per heavy atom. The van der Waals surface area contributed by atoms with Gasteiger partial charge in [-0.05, 0) is 36.4 Å². The minimum absolute atomic E-state index is 0.105. The van der Waals surface area contributed by atoms with Crippen molar-refractivity contribution in [1.82, 2.24) is 5.16 Å². The van der Waals surface area contributed by atoms with Crippen molar-refractivity contribution in [3.05, 3.63) is 71.2 Å². The van der Waals surface area contributed by atoms with Crippen LogP contribution in [0.1, 0.15) is 42.5 Å². The summed E-state index contributed by atoms with van der Waals surface area (Å²) in [5, 5.41) is 11.0. The lowest BCUT2D eigenvalue weighted by molar-refractivity contribution is -0.138. The van der Waals surface area contributed by atoms with Crippen LogP contribution in [0.2, 0.25) is 0 Å². The van der Waals surface area contributed by atoms with Gasteiger partial charge in [0.1, 0.15) is 11.6 Å². The number of carbonyl (C=O) groups is 2. The number of halogens is 4. The van der Waals surface area contributed by atoms with Gasteiger partial charge in [-0.1, -0.05) is 32.0 Å². The molecule has 0 saturated heterocycles. The number of benzene rings is 2. The average molecular weight is 464 g/mol. The van der Waals surface area contributed by atoms with Crippen molar-refractivity contribution in [3.63, 3.8) is 0 Å². The summed E-state index contributed by atoms with van der Waals surface area (Å²) in [4.78, 5) is 24.4. The summed E-state index contributed by atoms with van der Waals surface area (Å²) in [5.74, 6) is -1.74. The number of rotatable bonds is 4. The SMILES string of the molecule is CC(C)(C)c1cc(NC(=O)Nc2ccc(NC(=O)c3c(F)cccc3C(F)(F)F)cc2)no1. The van der Waals surface area contributed by atoms with Gasteiger partial charge in [-0.25, -0.2) is 9.18 Å². The summed E-state index contributed by atoms with van der Waals surface area (Å²) in [6, 6.07) is 8.76. The van der Waals surface area contributed by atoms with Crippen LogP contribution >= 0.6 is 0 Å². The van der Waals surface area contributed by atoms with Gasteiger partial charge in [0.2, 0.25) is 0 Å². The van der Waals surface area contributed by atoms with E-state index in [-0.39, 0.29) is 16.9 Å². The number of urea groups is 1. The topological polar surface area (TPSA) is 96.3 Å². The molecule has 0 unspecified atom stereocenters. The zero-order chi connectivity index (χ0) is 24.4. The van der Waals surface area contributed by atoms with E-state index in [0.717, 1.165) is 12.1 Å². The van der Waals surface area contributed by atoms with Gasteiger partial charge in [-0.15, -0.1) is 0 Å². The van der Waals surface area contributed by atoms with Crippen molar-refractivity contribution < 1.29 is 31.7 Å². The Labute approximate surface area is 186 Å². The predicted octanol–water partition coefficient (Wildman–Crippen LogP) is 6.03. The van der Waals surface area contributed by atoms with E-state index in [1.165, 1.54) is 24.3 Å². The zero-order valence-corrected chi connectivity index (χ0v) is 17.8. The van der Waals surface area contributed by atoms with E-state index in [9.17, 15) is 27.2 Å². The van der Waals surface area contributed by atoms with Gasteiger partial charge < -0.3 is 15.2 Å². The number of amides is 3. The summed E-state index contributed by atoms with van der Waals surface area (Å²) in [6.45, 7) is 5.77. The van der Waals surface area contributed by atoms with Gasteiger partial charge in [0.25, 0.3) is 5.91 Å². The molecule has 3 N–H and O–H groups in total. The molecule has 1 heterocycles. The summed E-state index contributed by atoms with van der Waals surface area (Å²) in [7, 11) is 0. The molecule has 0 aliphatic rings. The molecule has 0 aliphatic carbocycles. The molecule has 0 atom stereocenters. The average Bonchev–Trinajstić information content (AvgIpc) is 3.17. The predicted molar refractivity (Wildman–Crippen MR) is 114 cm³/mol. The van der Waals surface area contributed by atoms with E-state index in [1.807, 2.05) is 20.8 Å². The fourth-order valence-corrected chi connectivity index (χ4v) is 2.79. The van der Waals surface area contributed by atoms with E-state index in [2.05, 4.69) is 21.1 Å². The maximum atomic E-state index is 14.0. The molecule has 0 bridgehead atoms. The van der Waals surface area contributed by atoms with Crippen LogP contribution in [0.15, 0.2) is 53.1 Å². The molecular formula is C22H20F4N4O3. The number of anilines is 3. The Balaban J connectivity index is 1.65. The van der Waals surface area contributed by atoms with Crippen molar-refractivity contribution in [2.75, 3.05) is 16.0 Å². The second-order valence-corrected chi connectivity index (χ2v) is 8.10. The van der Waals surface area contributed by atoms with Crippen LogP contribution in [0, 0.1) is 5.82 Å². The molecule has 2 aromatic carbocycles. The molecular weight excluding hydrogens is 444 g/mol. The fourth-order valence-electron chi connectivity index (χ4n) is 2.79. The number of nitrogens with one attached hydrogen (secondary N) is 3. The van der Waals surface area contributed by atoms with Crippen LogP contribution < -0.4 is 16.0 Å². The third-order valence-corrected chi connectivity index (χ3v) is 4.44. The van der Waals surface area contributed by atoms with Gasteiger partial charge >= 0.3 is 12.2 Å². The van der Waals surface area contributed by atoms with Crippen molar-refractivity contribution in [3.8, 4) is 0 Å². The monoisotopic (exact) mass is 464 g/mol. The zero-order valence-electron chi connectivity index (χ0n) is 17.8. The maximum absolute atomic E-state index is 14.0. The molecule has 33 heavy (non-hydrogen) atoms. The number of nitrogens with zero attached hydrogens (tertiary/aromatic N) is 1. The highest BCUT2D eigenvalue weighted by Gasteiger charge is 2.36.